The molecule has 0 saturated carbocycles. The van der Waals surface area contributed by atoms with Crippen molar-refractivity contribution in [3.05, 3.63) is 36.5 Å². The van der Waals surface area contributed by atoms with Gasteiger partial charge in [-0.2, -0.15) is 13.2 Å². The van der Waals surface area contributed by atoms with E-state index < -0.39 is 11.7 Å². The quantitative estimate of drug-likeness (QED) is 0.534. The van der Waals surface area contributed by atoms with Crippen molar-refractivity contribution in [2.45, 2.75) is 12.6 Å². The molecule has 0 nitrogen and oxygen atoms in total. The lowest BCUT2D eigenvalue weighted by Gasteiger charge is -2.14. The molecule has 0 bridgehead atoms. The van der Waals surface area contributed by atoms with Gasteiger partial charge in [-0.15, -0.1) is 6.58 Å². The molecule has 1 rings (SSSR count). The van der Waals surface area contributed by atoms with Crippen LogP contribution in [0.3, 0.4) is 0 Å². The van der Waals surface area contributed by atoms with Crippen LogP contribution in [0.5, 0.6) is 0 Å². The smallest absolute Gasteiger partial charge is 0.166 e. The molecule has 0 saturated heterocycles. The van der Waals surface area contributed by atoms with Crippen molar-refractivity contribution >= 4 is 0 Å². The molecule has 1 aliphatic rings. The van der Waals surface area contributed by atoms with Crippen molar-refractivity contribution < 1.29 is 13.2 Å². The first-order valence-corrected chi connectivity index (χ1v) is 3.54. The highest BCUT2D eigenvalue weighted by atomic mass is 19.4. The van der Waals surface area contributed by atoms with Crippen LogP contribution in [0.25, 0.3) is 0 Å². The minimum absolute atomic E-state index is 0.206. The predicted molar refractivity (Wildman–Crippen MR) is 40.3 cm³/mol. The maximum Gasteiger partial charge on any atom is 0.416 e. The van der Waals surface area contributed by atoms with Gasteiger partial charge in [0.05, 0.1) is 5.57 Å². The van der Waals surface area contributed by atoms with E-state index in [2.05, 4.69) is 12.7 Å². The van der Waals surface area contributed by atoms with Crippen LogP contribution in [0.15, 0.2) is 30.4 Å². The van der Waals surface area contributed by atoms with Gasteiger partial charge in [0.15, 0.2) is 0 Å². The van der Waals surface area contributed by atoms with Crippen molar-refractivity contribution in [3.63, 3.8) is 0 Å². The Morgan fingerprint density at radius 1 is 1.58 bits per heavy atom. The lowest BCUT2D eigenvalue weighted by Crippen LogP contribution is -2.13. The van der Waals surface area contributed by atoms with E-state index in [0.717, 1.165) is 6.08 Å². The lowest BCUT2D eigenvalue weighted by atomic mass is 9.96. The van der Waals surface area contributed by atoms with Gasteiger partial charge in [0.25, 0.3) is 0 Å². The standard InChI is InChI=1S/C9H8F3/c1-2-7-4-3-5-8(6-7)9(10,11)12/h2-3,6-7H,1,4H2. The number of hydrogen-bond acceptors (Lipinski definition) is 0. The zero-order valence-corrected chi connectivity index (χ0v) is 6.36. The second kappa shape index (κ2) is 3.17. The largest absolute Gasteiger partial charge is 0.416 e. The molecule has 1 unspecified atom stereocenters. The minimum Gasteiger partial charge on any atom is -0.166 e. The van der Waals surface area contributed by atoms with Gasteiger partial charge < -0.3 is 0 Å². The zero-order valence-electron chi connectivity index (χ0n) is 6.36. The fraction of sp³-hybridized carbons (Fsp3) is 0.333. The number of halogens is 3. The van der Waals surface area contributed by atoms with Gasteiger partial charge in [0.2, 0.25) is 0 Å². The summed E-state index contributed by atoms with van der Waals surface area (Å²) in [4.78, 5) is 0. The van der Waals surface area contributed by atoms with Crippen LogP contribution in [0.1, 0.15) is 6.42 Å². The van der Waals surface area contributed by atoms with E-state index in [0.29, 0.717) is 6.42 Å². The molecule has 65 valence electrons. The summed E-state index contributed by atoms with van der Waals surface area (Å²) in [6, 6.07) is 0. The van der Waals surface area contributed by atoms with E-state index in [9.17, 15) is 13.2 Å². The summed E-state index contributed by atoms with van der Waals surface area (Å²) in [5, 5.41) is 0. The number of hydrogen-bond donors (Lipinski definition) is 0. The number of rotatable bonds is 1. The van der Waals surface area contributed by atoms with Crippen molar-refractivity contribution in [2.24, 2.45) is 5.92 Å². The fourth-order valence-electron chi connectivity index (χ4n) is 0.976. The van der Waals surface area contributed by atoms with Crippen molar-refractivity contribution in [3.8, 4) is 0 Å². The third kappa shape index (κ3) is 2.00. The first kappa shape index (κ1) is 9.10. The Kier molecular flexibility index (Phi) is 2.40. The van der Waals surface area contributed by atoms with E-state index in [1.807, 2.05) is 0 Å². The van der Waals surface area contributed by atoms with Crippen molar-refractivity contribution in [1.29, 1.82) is 0 Å². The van der Waals surface area contributed by atoms with E-state index in [1.54, 1.807) is 0 Å². The first-order chi connectivity index (χ1) is 5.54. The van der Waals surface area contributed by atoms with Gasteiger partial charge >= 0.3 is 6.18 Å². The summed E-state index contributed by atoms with van der Waals surface area (Å²) >= 11 is 0. The molecule has 0 aromatic heterocycles. The maximum atomic E-state index is 12.1. The monoisotopic (exact) mass is 173 g/mol. The third-order valence-corrected chi connectivity index (χ3v) is 1.64. The second-order valence-electron chi connectivity index (χ2n) is 2.56. The Bertz CT molecular complexity index is 233. The molecule has 3 heteroatoms. The van der Waals surface area contributed by atoms with Crippen LogP contribution in [-0.4, -0.2) is 6.18 Å². The molecule has 1 atom stereocenters. The average molecular weight is 173 g/mol. The third-order valence-electron chi connectivity index (χ3n) is 1.64. The van der Waals surface area contributed by atoms with E-state index in [-0.39, 0.29) is 5.92 Å². The van der Waals surface area contributed by atoms with Crippen LogP contribution in [0.2, 0.25) is 0 Å². The van der Waals surface area contributed by atoms with Crippen molar-refractivity contribution in [2.75, 3.05) is 0 Å². The summed E-state index contributed by atoms with van der Waals surface area (Å²) in [6.07, 6.45) is 2.51. The molecule has 0 fully saturated rings. The average Bonchev–Trinajstić information content (AvgIpc) is 2.03. The summed E-state index contributed by atoms with van der Waals surface area (Å²) in [7, 11) is 0. The Morgan fingerprint density at radius 3 is 2.75 bits per heavy atom. The Balaban J connectivity index is 2.84. The summed E-state index contributed by atoms with van der Waals surface area (Å²) < 4.78 is 36.2. The molecule has 1 aliphatic carbocycles. The van der Waals surface area contributed by atoms with Crippen LogP contribution in [0.4, 0.5) is 13.2 Å². The molecule has 1 radical (unpaired) electrons. The van der Waals surface area contributed by atoms with Crippen LogP contribution in [0, 0.1) is 12.0 Å². The van der Waals surface area contributed by atoms with Gasteiger partial charge in [-0.3, -0.25) is 0 Å². The van der Waals surface area contributed by atoms with Crippen LogP contribution < -0.4 is 0 Å². The Hall–Kier alpha value is -0.990. The highest BCUT2D eigenvalue weighted by Crippen LogP contribution is 2.30. The number of alkyl halides is 3. The predicted octanol–water partition coefficient (Wildman–Crippen LogP) is 3.04. The van der Waals surface area contributed by atoms with Crippen LogP contribution in [-0.2, 0) is 0 Å². The SMILES string of the molecule is C=CC1C=C(C(F)(F)F)[C]=CC1. The van der Waals surface area contributed by atoms with Gasteiger partial charge in [0.1, 0.15) is 0 Å². The zero-order chi connectivity index (χ0) is 9.19. The Morgan fingerprint density at radius 2 is 2.25 bits per heavy atom. The molecular weight excluding hydrogens is 165 g/mol. The second-order valence-corrected chi connectivity index (χ2v) is 2.56. The lowest BCUT2D eigenvalue weighted by molar-refractivity contribution is -0.0896. The number of allylic oxidation sites excluding steroid dienone is 5. The maximum absolute atomic E-state index is 12.1. The molecule has 0 aromatic rings. The molecule has 12 heavy (non-hydrogen) atoms. The fourth-order valence-corrected chi connectivity index (χ4v) is 0.976. The Labute approximate surface area is 69.1 Å². The van der Waals surface area contributed by atoms with E-state index in [4.69, 9.17) is 0 Å². The molecule has 0 aliphatic heterocycles. The van der Waals surface area contributed by atoms with Gasteiger partial charge in [-0.1, -0.05) is 18.2 Å². The summed E-state index contributed by atoms with van der Waals surface area (Å²) in [5.41, 5.74) is -0.696. The highest BCUT2D eigenvalue weighted by Gasteiger charge is 2.33. The van der Waals surface area contributed by atoms with Crippen molar-refractivity contribution in [1.82, 2.24) is 0 Å². The van der Waals surface area contributed by atoms with Crippen LogP contribution >= 0.6 is 0 Å². The molecule has 0 N–H and O–H groups in total. The molecule has 0 amide bonds. The molecule has 0 spiro atoms. The van der Waals surface area contributed by atoms with Gasteiger partial charge in [-0.25, -0.2) is 0 Å². The van der Waals surface area contributed by atoms with Gasteiger partial charge in [-0.05, 0) is 18.4 Å². The minimum atomic E-state index is -4.28. The first-order valence-electron chi connectivity index (χ1n) is 3.54. The normalized spacial score (nSPS) is 23.6. The molecule has 0 aromatic carbocycles. The van der Waals surface area contributed by atoms with E-state index >= 15 is 0 Å². The summed E-state index contributed by atoms with van der Waals surface area (Å²) in [5.74, 6) is -0.206. The highest BCUT2D eigenvalue weighted by molar-refractivity contribution is 5.25. The molecular formula is C9H8F3. The van der Waals surface area contributed by atoms with E-state index in [1.165, 1.54) is 12.2 Å². The summed E-state index contributed by atoms with van der Waals surface area (Å²) in [6.45, 7) is 3.44. The topological polar surface area (TPSA) is 0 Å². The van der Waals surface area contributed by atoms with Gasteiger partial charge in [0, 0.05) is 0 Å². The molecule has 0 heterocycles.